The zero-order chi connectivity index (χ0) is 15.1. The number of benzene rings is 1. The summed E-state index contributed by atoms with van der Waals surface area (Å²) < 4.78 is 51.3. The van der Waals surface area contributed by atoms with Crippen molar-refractivity contribution in [1.29, 1.82) is 0 Å². The van der Waals surface area contributed by atoms with Gasteiger partial charge in [0.05, 0.1) is 10.6 Å². The minimum atomic E-state index is -3.89. The number of sulfonamides is 1. The number of aryl methyl sites for hydroxylation is 1. The van der Waals surface area contributed by atoms with Crippen molar-refractivity contribution in [2.24, 2.45) is 5.14 Å². The summed E-state index contributed by atoms with van der Waals surface area (Å²) in [7, 11) is -7.59. The maximum absolute atomic E-state index is 11.9. The number of nitrogens with one attached hydrogen (secondary N) is 2. The van der Waals surface area contributed by atoms with Crippen LogP contribution in [0, 0.1) is 13.8 Å². The van der Waals surface area contributed by atoms with Gasteiger partial charge in [0.15, 0.2) is 0 Å². The average molecular weight is 319 g/mol. The highest BCUT2D eigenvalue weighted by Gasteiger charge is 2.27. The number of nitrogens with two attached hydrogens (primary N) is 1. The van der Waals surface area contributed by atoms with Gasteiger partial charge < -0.3 is 0 Å². The Labute approximate surface area is 118 Å². The number of primary sulfonamides is 1. The van der Waals surface area contributed by atoms with Gasteiger partial charge in [-0.25, -0.2) is 13.6 Å². The molecule has 7 nitrogen and oxygen atoms in total. The van der Waals surface area contributed by atoms with E-state index in [4.69, 9.17) is 5.14 Å². The first-order valence-electron chi connectivity index (χ1n) is 6.02. The topological polar surface area (TPSA) is 118 Å². The monoisotopic (exact) mass is 319 g/mol. The summed E-state index contributed by atoms with van der Waals surface area (Å²) in [4.78, 5) is -0.121. The number of rotatable bonds is 5. The van der Waals surface area contributed by atoms with Crippen molar-refractivity contribution in [1.82, 2.24) is 4.72 Å². The lowest BCUT2D eigenvalue weighted by molar-refractivity contribution is 0.586. The molecule has 0 aliphatic heterocycles. The molecule has 4 N–H and O–H groups in total. The molecule has 0 heterocycles. The Kier molecular flexibility index (Phi) is 3.80. The summed E-state index contributed by atoms with van der Waals surface area (Å²) in [6.07, 6.45) is 1.63. The summed E-state index contributed by atoms with van der Waals surface area (Å²) >= 11 is 0. The first-order chi connectivity index (χ1) is 9.08. The molecule has 0 radical (unpaired) electrons. The molecule has 9 heteroatoms. The van der Waals surface area contributed by atoms with Crippen molar-refractivity contribution in [3.05, 3.63) is 23.3 Å². The van der Waals surface area contributed by atoms with Gasteiger partial charge in [-0.3, -0.25) is 4.72 Å². The van der Waals surface area contributed by atoms with Crippen molar-refractivity contribution in [2.75, 3.05) is 4.72 Å². The summed E-state index contributed by atoms with van der Waals surface area (Å²) in [6, 6.07) is 2.61. The van der Waals surface area contributed by atoms with E-state index in [-0.39, 0.29) is 16.6 Å². The van der Waals surface area contributed by atoms with Gasteiger partial charge >= 0.3 is 0 Å². The Morgan fingerprint density at radius 3 is 2.25 bits per heavy atom. The molecule has 0 aromatic heterocycles. The molecule has 1 saturated carbocycles. The maximum atomic E-state index is 11.9. The van der Waals surface area contributed by atoms with Crippen LogP contribution >= 0.6 is 0 Å². The molecule has 1 aromatic rings. The molecule has 0 bridgehead atoms. The third kappa shape index (κ3) is 3.69. The van der Waals surface area contributed by atoms with Crippen LogP contribution < -0.4 is 14.6 Å². The van der Waals surface area contributed by atoms with E-state index in [1.54, 1.807) is 13.8 Å². The normalized spacial score (nSPS) is 16.1. The highest BCUT2D eigenvalue weighted by Crippen LogP contribution is 2.25. The summed E-state index contributed by atoms with van der Waals surface area (Å²) in [5.74, 6) is 0. The fraction of sp³-hybridized carbons (Fsp3) is 0.455. The largest absolute Gasteiger partial charge is 0.299 e. The van der Waals surface area contributed by atoms with Crippen LogP contribution in [0.1, 0.15) is 24.0 Å². The molecule has 20 heavy (non-hydrogen) atoms. The molecule has 1 aliphatic rings. The van der Waals surface area contributed by atoms with Gasteiger partial charge in [-0.05, 0) is 49.9 Å². The van der Waals surface area contributed by atoms with Crippen molar-refractivity contribution in [2.45, 2.75) is 37.6 Å². The number of anilines is 1. The number of hydrogen-bond acceptors (Lipinski definition) is 4. The average Bonchev–Trinajstić information content (AvgIpc) is 3.05. The quantitative estimate of drug-likeness (QED) is 0.726. The maximum Gasteiger partial charge on any atom is 0.299 e. The third-order valence-electron chi connectivity index (χ3n) is 3.11. The Bertz CT molecular complexity index is 737. The second kappa shape index (κ2) is 4.99. The zero-order valence-corrected chi connectivity index (χ0v) is 12.8. The molecular weight excluding hydrogens is 302 g/mol. The SMILES string of the molecule is Cc1cc(S(N)(=O)=O)cc(NS(=O)(=O)NC2CC2)c1C. The highest BCUT2D eigenvalue weighted by molar-refractivity contribution is 7.90. The molecule has 0 amide bonds. The fourth-order valence-corrected chi connectivity index (χ4v) is 3.55. The van der Waals surface area contributed by atoms with Gasteiger partial charge in [-0.1, -0.05) is 0 Å². The predicted octanol–water partition coefficient (Wildman–Crippen LogP) is 0.360. The molecule has 112 valence electrons. The van der Waals surface area contributed by atoms with Crippen LogP contribution in [0.3, 0.4) is 0 Å². The molecule has 0 unspecified atom stereocenters. The standard InChI is InChI=1S/C11H17N3O4S2/c1-7-5-10(19(12,15)16)6-11(8(7)2)14-20(17,18)13-9-3-4-9/h5-6,9,13-14H,3-4H2,1-2H3,(H2,12,15,16). The van der Waals surface area contributed by atoms with E-state index < -0.39 is 20.2 Å². The summed E-state index contributed by atoms with van der Waals surface area (Å²) in [5, 5.41) is 5.08. The molecule has 2 rings (SSSR count). The van der Waals surface area contributed by atoms with Gasteiger partial charge in [0, 0.05) is 6.04 Å². The van der Waals surface area contributed by atoms with Crippen LogP contribution in [-0.2, 0) is 20.2 Å². The van der Waals surface area contributed by atoms with Crippen LogP contribution in [-0.4, -0.2) is 22.9 Å². The van der Waals surface area contributed by atoms with E-state index in [0.717, 1.165) is 12.8 Å². The fourth-order valence-electron chi connectivity index (χ4n) is 1.69. The molecule has 1 fully saturated rings. The van der Waals surface area contributed by atoms with Crippen LogP contribution in [0.2, 0.25) is 0 Å². The lowest BCUT2D eigenvalue weighted by Gasteiger charge is -2.14. The van der Waals surface area contributed by atoms with E-state index >= 15 is 0 Å². The number of hydrogen-bond donors (Lipinski definition) is 3. The van der Waals surface area contributed by atoms with Crippen molar-refractivity contribution in [3.63, 3.8) is 0 Å². The Morgan fingerprint density at radius 2 is 1.75 bits per heavy atom. The lowest BCUT2D eigenvalue weighted by Crippen LogP contribution is -2.32. The molecule has 1 aromatic carbocycles. The van der Waals surface area contributed by atoms with Crippen LogP contribution in [0.5, 0.6) is 0 Å². The lowest BCUT2D eigenvalue weighted by atomic mass is 10.1. The summed E-state index contributed by atoms with van der Waals surface area (Å²) in [6.45, 7) is 3.40. The third-order valence-corrected chi connectivity index (χ3v) is 5.14. The highest BCUT2D eigenvalue weighted by atomic mass is 32.2. The van der Waals surface area contributed by atoms with Crippen LogP contribution in [0.25, 0.3) is 0 Å². The molecular formula is C11H17N3O4S2. The minimum absolute atomic E-state index is 0.0321. The van der Waals surface area contributed by atoms with E-state index in [9.17, 15) is 16.8 Å². The van der Waals surface area contributed by atoms with Gasteiger partial charge in [0.25, 0.3) is 10.2 Å². The van der Waals surface area contributed by atoms with Gasteiger partial charge in [0.1, 0.15) is 0 Å². The van der Waals surface area contributed by atoms with E-state index in [2.05, 4.69) is 9.44 Å². The van der Waals surface area contributed by atoms with Gasteiger partial charge in [-0.2, -0.15) is 13.1 Å². The first-order valence-corrected chi connectivity index (χ1v) is 9.05. The second-order valence-corrected chi connectivity index (χ2v) is 7.96. The Hall–Kier alpha value is -1.16. The first kappa shape index (κ1) is 15.2. The molecule has 0 atom stereocenters. The Balaban J connectivity index is 2.38. The second-order valence-electron chi connectivity index (χ2n) is 4.96. The van der Waals surface area contributed by atoms with E-state index in [1.807, 2.05) is 0 Å². The van der Waals surface area contributed by atoms with Crippen molar-refractivity contribution < 1.29 is 16.8 Å². The van der Waals surface area contributed by atoms with Gasteiger partial charge in [-0.15, -0.1) is 0 Å². The zero-order valence-electron chi connectivity index (χ0n) is 11.2. The molecule has 1 aliphatic carbocycles. The Morgan fingerprint density at radius 1 is 1.15 bits per heavy atom. The van der Waals surface area contributed by atoms with E-state index in [0.29, 0.717) is 11.1 Å². The summed E-state index contributed by atoms with van der Waals surface area (Å²) in [5.41, 5.74) is 1.50. The van der Waals surface area contributed by atoms with E-state index in [1.165, 1.54) is 12.1 Å². The van der Waals surface area contributed by atoms with Crippen molar-refractivity contribution >= 4 is 25.9 Å². The smallest absolute Gasteiger partial charge is 0.271 e. The van der Waals surface area contributed by atoms with Gasteiger partial charge in [0.2, 0.25) is 10.0 Å². The van der Waals surface area contributed by atoms with Crippen LogP contribution in [0.15, 0.2) is 17.0 Å². The molecule has 0 saturated heterocycles. The molecule has 0 spiro atoms. The minimum Gasteiger partial charge on any atom is -0.271 e. The van der Waals surface area contributed by atoms with Crippen molar-refractivity contribution in [3.8, 4) is 0 Å². The van der Waals surface area contributed by atoms with Crippen LogP contribution in [0.4, 0.5) is 5.69 Å². The predicted molar refractivity (Wildman–Crippen MR) is 76.0 cm³/mol.